The number of rotatable bonds is 12. The number of hydrogen-bond acceptors (Lipinski definition) is 15. The summed E-state index contributed by atoms with van der Waals surface area (Å²) in [4.78, 5) is 55.7. The average molecular weight is 1100 g/mol. The lowest BCUT2D eigenvalue weighted by atomic mass is 9.98. The van der Waals surface area contributed by atoms with E-state index in [1.165, 1.54) is 69.0 Å². The van der Waals surface area contributed by atoms with Gasteiger partial charge in [0.05, 0.1) is 58.5 Å². The van der Waals surface area contributed by atoms with Gasteiger partial charge in [0.15, 0.2) is 0 Å². The minimum atomic E-state index is -3.53. The number of imidazole rings is 2. The van der Waals surface area contributed by atoms with Gasteiger partial charge in [0.25, 0.3) is 11.1 Å². The van der Waals surface area contributed by atoms with Gasteiger partial charge in [-0.15, -0.1) is 0 Å². The van der Waals surface area contributed by atoms with E-state index >= 15 is 0 Å². The van der Waals surface area contributed by atoms with Crippen LogP contribution in [0.3, 0.4) is 0 Å². The first-order valence-corrected chi connectivity index (χ1v) is 30.4. The smallest absolute Gasteiger partial charge is 0.256 e. The number of aromatic nitrogens is 6. The fourth-order valence-corrected chi connectivity index (χ4v) is 11.5. The SMILES string of the molecule is CS(=O)(=O)Nc1ccc(Cl)cc1C(=O)Cl.Cc1ccc(NS(C)(=O)=O)c(C(=O)N2CCCC[C@H]2c2cn3c(N4CCC4)cc(N4CCC4)nc3n2)c1.c1c(N2CCC2)nc2nc([C@@H]3CCCCN3)cn2c1N1CCC1. The number of amides is 1. The number of benzene rings is 2. The molecule has 400 valence electrons. The van der Waals surface area contributed by atoms with Crippen LogP contribution in [0.4, 0.5) is 34.6 Å². The van der Waals surface area contributed by atoms with Crippen LogP contribution in [0, 0.1) is 6.92 Å². The molecule has 10 heterocycles. The van der Waals surface area contributed by atoms with Crippen LogP contribution in [0.15, 0.2) is 60.9 Å². The maximum atomic E-state index is 13.9. The van der Waals surface area contributed by atoms with Crippen LogP contribution < -0.4 is 34.4 Å². The number of nitrogens with one attached hydrogen (secondary N) is 3. The molecule has 24 heteroatoms. The predicted molar refractivity (Wildman–Crippen MR) is 295 cm³/mol. The van der Waals surface area contributed by atoms with Crippen LogP contribution >= 0.6 is 23.2 Å². The third-order valence-electron chi connectivity index (χ3n) is 14.5. The maximum Gasteiger partial charge on any atom is 0.256 e. The molecule has 12 rings (SSSR count). The van der Waals surface area contributed by atoms with Crippen molar-refractivity contribution in [2.75, 3.05) is 107 Å². The molecule has 4 aromatic heterocycles. The Hall–Kier alpha value is -5.94. The first-order chi connectivity index (χ1) is 35.9. The van der Waals surface area contributed by atoms with Crippen LogP contribution in [0.1, 0.15) is 114 Å². The van der Waals surface area contributed by atoms with E-state index < -0.39 is 25.3 Å². The summed E-state index contributed by atoms with van der Waals surface area (Å²) in [5, 5.41) is 3.13. The molecule has 75 heavy (non-hydrogen) atoms. The van der Waals surface area contributed by atoms with Crippen molar-refractivity contribution in [3.05, 3.63) is 94.0 Å². The lowest BCUT2D eigenvalue weighted by molar-refractivity contribution is 0.0607. The molecule has 2 atom stereocenters. The fourth-order valence-electron chi connectivity index (χ4n) is 10.1. The number of aryl methyl sites for hydroxylation is 1. The molecule has 0 spiro atoms. The molecular weight excluding hydrogens is 1040 g/mol. The summed E-state index contributed by atoms with van der Waals surface area (Å²) >= 11 is 10.9. The Labute approximate surface area is 447 Å². The van der Waals surface area contributed by atoms with Gasteiger partial charge in [-0.25, -0.2) is 26.8 Å². The topological polar surface area (TPSA) is 215 Å². The Morgan fingerprint density at radius 1 is 0.600 bits per heavy atom. The van der Waals surface area contributed by atoms with Crippen molar-refractivity contribution in [1.29, 1.82) is 0 Å². The Morgan fingerprint density at radius 2 is 1.12 bits per heavy atom. The van der Waals surface area contributed by atoms with Crippen molar-refractivity contribution < 1.29 is 26.4 Å². The molecule has 0 bridgehead atoms. The van der Waals surface area contributed by atoms with Gasteiger partial charge in [0.1, 0.15) is 23.3 Å². The zero-order valence-corrected chi connectivity index (χ0v) is 45.7. The number of sulfonamides is 2. The fraction of sp³-hybridized carbons (Fsp3) is 0.490. The van der Waals surface area contributed by atoms with Crippen LogP contribution in [-0.2, 0) is 20.0 Å². The second-order valence-corrected chi connectivity index (χ2v) is 24.5. The number of piperidine rings is 2. The summed E-state index contributed by atoms with van der Waals surface area (Å²) in [7, 11) is -6.98. The molecule has 6 fully saturated rings. The quantitative estimate of drug-likeness (QED) is 0.103. The van der Waals surface area contributed by atoms with Gasteiger partial charge in [-0.2, -0.15) is 9.97 Å². The van der Waals surface area contributed by atoms with E-state index in [0.717, 1.165) is 131 Å². The number of anilines is 6. The zero-order valence-electron chi connectivity index (χ0n) is 42.5. The number of likely N-dealkylation sites (tertiary alicyclic amines) is 1. The molecule has 6 aliphatic rings. The minimum Gasteiger partial charge on any atom is -0.357 e. The molecule has 0 aliphatic carbocycles. The Kier molecular flexibility index (Phi) is 15.4. The molecule has 1 amide bonds. The predicted octanol–water partition coefficient (Wildman–Crippen LogP) is 7.25. The van der Waals surface area contributed by atoms with Gasteiger partial charge in [-0.1, -0.05) is 29.7 Å². The Bertz CT molecular complexity index is 3330. The van der Waals surface area contributed by atoms with E-state index in [1.807, 2.05) is 18.0 Å². The molecule has 0 unspecified atom stereocenters. The van der Waals surface area contributed by atoms with Crippen molar-refractivity contribution in [2.45, 2.75) is 83.2 Å². The summed E-state index contributed by atoms with van der Waals surface area (Å²) in [6.07, 6.45) is 17.7. The molecule has 3 N–H and O–H groups in total. The van der Waals surface area contributed by atoms with E-state index in [9.17, 15) is 26.4 Å². The highest BCUT2D eigenvalue weighted by atomic mass is 35.5. The van der Waals surface area contributed by atoms with Crippen molar-refractivity contribution >= 4 is 101 Å². The summed E-state index contributed by atoms with van der Waals surface area (Å²) in [6, 6.07) is 14.0. The largest absolute Gasteiger partial charge is 0.357 e. The van der Waals surface area contributed by atoms with Gasteiger partial charge >= 0.3 is 0 Å². The van der Waals surface area contributed by atoms with Gasteiger partial charge < -0.3 is 29.8 Å². The number of nitrogens with zero attached hydrogens (tertiary/aromatic N) is 11. The lowest BCUT2D eigenvalue weighted by Gasteiger charge is -2.36. The van der Waals surface area contributed by atoms with Crippen molar-refractivity contribution in [3.63, 3.8) is 0 Å². The van der Waals surface area contributed by atoms with Crippen LogP contribution in [0.5, 0.6) is 0 Å². The van der Waals surface area contributed by atoms with Crippen molar-refractivity contribution in [2.24, 2.45) is 0 Å². The second kappa shape index (κ2) is 22.0. The standard InChI is InChI=1S/C26H33N7O3S.C17H24N6.C8H7Cl2NO3S/c1-18-8-9-20(29-37(2,35)36)19(15-18)25(34)32-14-4-3-7-22(32)21-17-33-24(31-12-6-13-31)16-23(28-26(33)27-21)30-10-5-11-30;1-2-6-18-13(5-1)14-12-23-16(22-9-4-10-22)11-15(20-17(23)19-14)21-7-3-8-21;1-15(13,14)11-7-3-2-5(9)4-6(7)8(10)12/h8-9,15-17,22,29H,3-7,10-14H2,1-2H3;11-13,18H,1-10H2;2-4,11H,1H3/t22-;13-;/m00./s1. The lowest BCUT2D eigenvalue weighted by Crippen LogP contribution is -2.40. The minimum absolute atomic E-state index is 0.0228. The van der Waals surface area contributed by atoms with Gasteiger partial charge in [-0.3, -0.25) is 27.8 Å². The average Bonchev–Trinajstić information content (AvgIpc) is 3.93. The molecule has 6 saturated heterocycles. The number of fused-ring (bicyclic) bond motifs is 2. The van der Waals surface area contributed by atoms with Crippen LogP contribution in [0.2, 0.25) is 5.02 Å². The van der Waals surface area contributed by atoms with Gasteiger partial charge in [0.2, 0.25) is 31.6 Å². The van der Waals surface area contributed by atoms with E-state index in [1.54, 1.807) is 18.2 Å². The highest BCUT2D eigenvalue weighted by Crippen LogP contribution is 2.36. The highest BCUT2D eigenvalue weighted by molar-refractivity contribution is 7.92. The molecule has 0 radical (unpaired) electrons. The second-order valence-electron chi connectivity index (χ2n) is 20.3. The summed E-state index contributed by atoms with van der Waals surface area (Å²) in [6.45, 7) is 12.2. The number of halogens is 2. The number of hydrogen-bond donors (Lipinski definition) is 3. The Morgan fingerprint density at radius 3 is 1.63 bits per heavy atom. The molecule has 6 aromatic rings. The van der Waals surface area contributed by atoms with E-state index in [-0.39, 0.29) is 23.2 Å². The first kappa shape index (κ1) is 52.5. The van der Waals surface area contributed by atoms with Gasteiger partial charge in [0, 0.05) is 88.5 Å². The molecule has 20 nitrogen and oxygen atoms in total. The normalized spacial score (nSPS) is 19.7. The molecule has 2 aromatic carbocycles. The molecular formula is C51H64Cl2N14O6S2. The monoisotopic (exact) mass is 1100 g/mol. The summed E-state index contributed by atoms with van der Waals surface area (Å²) in [5.41, 5.74) is 3.68. The zero-order chi connectivity index (χ0) is 52.6. The molecule has 0 saturated carbocycles. The number of carbonyl (C=O) groups excluding carboxylic acids is 2. The van der Waals surface area contributed by atoms with Gasteiger partial charge in [-0.05, 0) is 113 Å². The van der Waals surface area contributed by atoms with E-state index in [4.69, 9.17) is 43.1 Å². The maximum absolute atomic E-state index is 13.9. The van der Waals surface area contributed by atoms with Crippen LogP contribution in [0.25, 0.3) is 11.6 Å². The first-order valence-electron chi connectivity index (χ1n) is 25.8. The summed E-state index contributed by atoms with van der Waals surface area (Å²) in [5.74, 6) is 5.76. The van der Waals surface area contributed by atoms with Crippen molar-refractivity contribution in [1.82, 2.24) is 39.0 Å². The summed E-state index contributed by atoms with van der Waals surface area (Å²) < 4.78 is 54.8. The number of carbonyl (C=O) groups is 2. The Balaban J connectivity index is 0.000000143. The van der Waals surface area contributed by atoms with E-state index in [2.05, 4.69) is 61.5 Å². The highest BCUT2D eigenvalue weighted by Gasteiger charge is 2.34. The third kappa shape index (κ3) is 12.0. The van der Waals surface area contributed by atoms with Crippen LogP contribution in [-0.4, -0.2) is 140 Å². The third-order valence-corrected chi connectivity index (χ3v) is 16.2. The van der Waals surface area contributed by atoms with E-state index in [0.29, 0.717) is 34.6 Å². The van der Waals surface area contributed by atoms with Crippen molar-refractivity contribution in [3.8, 4) is 0 Å². The molecule has 6 aliphatic heterocycles.